The van der Waals surface area contributed by atoms with Gasteiger partial charge in [-0.25, -0.2) is 4.98 Å². The van der Waals surface area contributed by atoms with Crippen LogP contribution in [0.25, 0.3) is 21.4 Å². The largest absolute Gasteiger partial charge is 0.497 e. The molecule has 0 fully saturated rings. The molecule has 0 aliphatic rings. The lowest BCUT2D eigenvalue weighted by molar-refractivity contribution is -0.111. The lowest BCUT2D eigenvalue weighted by Crippen LogP contribution is -2.12. The van der Waals surface area contributed by atoms with Crippen molar-refractivity contribution in [2.45, 2.75) is 6.92 Å². The van der Waals surface area contributed by atoms with Crippen LogP contribution in [-0.2, 0) is 4.79 Å². The summed E-state index contributed by atoms with van der Waals surface area (Å²) in [7, 11) is 1.63. The lowest BCUT2D eigenvalue weighted by atomic mass is 10.2. The molecule has 6 nitrogen and oxygen atoms in total. The van der Waals surface area contributed by atoms with Gasteiger partial charge >= 0.3 is 0 Å². The van der Waals surface area contributed by atoms with Crippen LogP contribution in [0.5, 0.6) is 5.75 Å². The Morgan fingerprint density at radius 3 is 2.76 bits per heavy atom. The van der Waals surface area contributed by atoms with Crippen molar-refractivity contribution in [2.75, 3.05) is 12.4 Å². The summed E-state index contributed by atoms with van der Waals surface area (Å²) in [4.78, 5) is 17.0. The molecule has 29 heavy (non-hydrogen) atoms. The van der Waals surface area contributed by atoms with E-state index in [0.29, 0.717) is 16.0 Å². The van der Waals surface area contributed by atoms with Gasteiger partial charge < -0.3 is 10.1 Å². The van der Waals surface area contributed by atoms with Gasteiger partial charge in [-0.05, 0) is 48.9 Å². The van der Waals surface area contributed by atoms with Crippen molar-refractivity contribution in [2.24, 2.45) is 0 Å². The van der Waals surface area contributed by atoms with E-state index in [4.69, 9.17) is 16.3 Å². The van der Waals surface area contributed by atoms with Gasteiger partial charge in [0.25, 0.3) is 0 Å². The second-order valence-corrected chi connectivity index (χ2v) is 7.73. The van der Waals surface area contributed by atoms with Crippen molar-refractivity contribution >= 4 is 51.0 Å². The molecular weight excluding hydrogens is 408 g/mol. The first kappa shape index (κ1) is 19.2. The average molecular weight is 425 g/mol. The van der Waals surface area contributed by atoms with E-state index >= 15 is 0 Å². The molecule has 1 N–H and O–H groups in total. The summed E-state index contributed by atoms with van der Waals surface area (Å²) >= 11 is 7.35. The first-order valence-corrected chi connectivity index (χ1v) is 9.97. The highest BCUT2D eigenvalue weighted by molar-refractivity contribution is 7.20. The van der Waals surface area contributed by atoms with Gasteiger partial charge in [-0.1, -0.05) is 35.1 Å². The summed E-state index contributed by atoms with van der Waals surface area (Å²) in [6.07, 6.45) is 3.20. The van der Waals surface area contributed by atoms with E-state index in [0.717, 1.165) is 27.2 Å². The molecule has 0 spiro atoms. The third-order valence-electron chi connectivity index (χ3n) is 4.15. The van der Waals surface area contributed by atoms with Crippen LogP contribution in [0.1, 0.15) is 11.3 Å². The Bertz CT molecular complexity index is 1210. The third-order valence-corrected chi connectivity index (χ3v) is 5.39. The van der Waals surface area contributed by atoms with E-state index < -0.39 is 0 Å². The zero-order valence-electron chi connectivity index (χ0n) is 15.7. The van der Waals surface area contributed by atoms with E-state index in [-0.39, 0.29) is 5.91 Å². The highest BCUT2D eigenvalue weighted by Crippen LogP contribution is 2.30. The number of carbonyl (C=O) groups excluding carboxylic acids is 1. The molecule has 0 saturated carbocycles. The molecule has 0 radical (unpaired) electrons. The van der Waals surface area contributed by atoms with Gasteiger partial charge in [0.2, 0.25) is 11.0 Å². The summed E-state index contributed by atoms with van der Waals surface area (Å²) in [6, 6.07) is 14.7. The lowest BCUT2D eigenvalue weighted by Gasteiger charge is -2.04. The number of hydrogen-bond acceptors (Lipinski definition) is 5. The number of aromatic nitrogens is 3. The molecule has 2 aromatic carbocycles. The van der Waals surface area contributed by atoms with Crippen molar-refractivity contribution < 1.29 is 9.53 Å². The number of nitrogens with one attached hydrogen (secondary N) is 1. The maximum atomic E-state index is 12.4. The van der Waals surface area contributed by atoms with Gasteiger partial charge in [-0.3, -0.25) is 4.79 Å². The minimum Gasteiger partial charge on any atom is -0.497 e. The van der Waals surface area contributed by atoms with E-state index in [1.807, 2.05) is 37.3 Å². The van der Waals surface area contributed by atoms with Crippen molar-refractivity contribution in [3.05, 3.63) is 70.9 Å². The summed E-state index contributed by atoms with van der Waals surface area (Å²) in [6.45, 7) is 1.87. The van der Waals surface area contributed by atoms with Crippen LogP contribution < -0.4 is 10.1 Å². The second kappa shape index (κ2) is 8.06. The standard InChI is InChI=1S/C21H17ClN4O2S/c1-13-11-19(24-20(27)10-5-14-3-6-15(22)7-4-14)26(25-13)21-23-17-9-8-16(28-2)12-18(17)29-21/h3-12H,1-2H3,(H,24,27)/b10-5+. The third kappa shape index (κ3) is 4.31. The smallest absolute Gasteiger partial charge is 0.249 e. The Morgan fingerprint density at radius 1 is 1.21 bits per heavy atom. The van der Waals surface area contributed by atoms with Crippen molar-refractivity contribution in [3.8, 4) is 10.9 Å². The fraction of sp³-hybridized carbons (Fsp3) is 0.0952. The topological polar surface area (TPSA) is 69.0 Å². The summed E-state index contributed by atoms with van der Waals surface area (Å²) < 4.78 is 7.89. The molecule has 0 aliphatic carbocycles. The number of hydrogen-bond donors (Lipinski definition) is 1. The van der Waals surface area contributed by atoms with Gasteiger partial charge in [0.1, 0.15) is 11.6 Å². The molecule has 146 valence electrons. The summed E-state index contributed by atoms with van der Waals surface area (Å²) in [5, 5.41) is 8.67. The predicted octanol–water partition coefficient (Wildman–Crippen LogP) is 5.10. The summed E-state index contributed by atoms with van der Waals surface area (Å²) in [5.41, 5.74) is 2.51. The predicted molar refractivity (Wildman–Crippen MR) is 117 cm³/mol. The van der Waals surface area contributed by atoms with Crippen LogP contribution in [-0.4, -0.2) is 27.8 Å². The maximum Gasteiger partial charge on any atom is 0.249 e. The van der Waals surface area contributed by atoms with Gasteiger partial charge in [0.05, 0.1) is 23.0 Å². The van der Waals surface area contributed by atoms with Crippen LogP contribution in [0.4, 0.5) is 5.82 Å². The highest BCUT2D eigenvalue weighted by atomic mass is 35.5. The number of methoxy groups -OCH3 is 1. The second-order valence-electron chi connectivity index (χ2n) is 6.29. The molecule has 4 rings (SSSR count). The van der Waals surface area contributed by atoms with E-state index in [2.05, 4.69) is 15.4 Å². The number of thiazole rings is 1. The number of halogens is 1. The number of benzene rings is 2. The zero-order valence-corrected chi connectivity index (χ0v) is 17.3. The van der Waals surface area contributed by atoms with E-state index in [1.165, 1.54) is 17.4 Å². The molecule has 1 amide bonds. The molecule has 0 bridgehead atoms. The number of nitrogens with zero attached hydrogens (tertiary/aromatic N) is 3. The quantitative estimate of drug-likeness (QED) is 0.452. The number of amides is 1. The SMILES string of the molecule is COc1ccc2nc(-n3nc(C)cc3NC(=O)/C=C/c3ccc(Cl)cc3)sc2c1. The molecule has 2 aromatic heterocycles. The van der Waals surface area contributed by atoms with Gasteiger partial charge in [-0.15, -0.1) is 0 Å². The zero-order chi connectivity index (χ0) is 20.4. The van der Waals surface area contributed by atoms with Gasteiger partial charge in [-0.2, -0.15) is 9.78 Å². The molecular formula is C21H17ClN4O2S. The number of aryl methyl sites for hydroxylation is 1. The minimum atomic E-state index is -0.260. The molecule has 4 aromatic rings. The Balaban J connectivity index is 1.58. The van der Waals surface area contributed by atoms with Crippen molar-refractivity contribution in [1.82, 2.24) is 14.8 Å². The minimum absolute atomic E-state index is 0.260. The fourth-order valence-electron chi connectivity index (χ4n) is 2.76. The van der Waals surface area contributed by atoms with Gasteiger partial charge in [0, 0.05) is 17.2 Å². The number of carbonyl (C=O) groups is 1. The Morgan fingerprint density at radius 2 is 2.00 bits per heavy atom. The summed E-state index contributed by atoms with van der Waals surface area (Å²) in [5.74, 6) is 1.06. The Hall–Kier alpha value is -3.16. The van der Waals surface area contributed by atoms with Crippen LogP contribution in [0.2, 0.25) is 5.02 Å². The molecule has 8 heteroatoms. The van der Waals surface area contributed by atoms with Crippen LogP contribution >= 0.6 is 22.9 Å². The Labute approximate surface area is 176 Å². The first-order valence-electron chi connectivity index (χ1n) is 8.78. The molecule has 0 saturated heterocycles. The van der Waals surface area contributed by atoms with Crippen molar-refractivity contribution in [1.29, 1.82) is 0 Å². The monoisotopic (exact) mass is 424 g/mol. The molecule has 0 aliphatic heterocycles. The molecule has 2 heterocycles. The first-order chi connectivity index (χ1) is 14.0. The fourth-order valence-corrected chi connectivity index (χ4v) is 3.84. The average Bonchev–Trinajstić information content (AvgIpc) is 3.29. The number of anilines is 1. The van der Waals surface area contributed by atoms with Crippen LogP contribution in [0.15, 0.2) is 54.6 Å². The number of ether oxygens (including phenoxy) is 1. The van der Waals surface area contributed by atoms with E-state index in [9.17, 15) is 4.79 Å². The van der Waals surface area contributed by atoms with E-state index in [1.54, 1.807) is 36.1 Å². The van der Waals surface area contributed by atoms with Crippen LogP contribution in [0, 0.1) is 6.92 Å². The van der Waals surface area contributed by atoms with Gasteiger partial charge in [0.15, 0.2) is 0 Å². The normalized spacial score (nSPS) is 11.3. The Kier molecular flexibility index (Phi) is 5.33. The molecule has 0 atom stereocenters. The highest BCUT2D eigenvalue weighted by Gasteiger charge is 2.14. The van der Waals surface area contributed by atoms with Crippen molar-refractivity contribution in [3.63, 3.8) is 0 Å². The maximum absolute atomic E-state index is 12.4. The number of rotatable bonds is 5. The number of fused-ring (bicyclic) bond motifs is 1. The van der Waals surface area contributed by atoms with Crippen LogP contribution in [0.3, 0.4) is 0 Å². The molecule has 0 unspecified atom stereocenters.